The van der Waals surface area contributed by atoms with Gasteiger partial charge >= 0.3 is 5.97 Å². The van der Waals surface area contributed by atoms with Crippen LogP contribution in [0.1, 0.15) is 36.5 Å². The van der Waals surface area contributed by atoms with E-state index in [0.717, 1.165) is 6.42 Å². The maximum absolute atomic E-state index is 12.0. The van der Waals surface area contributed by atoms with Gasteiger partial charge in [0, 0.05) is 11.1 Å². The van der Waals surface area contributed by atoms with Crippen molar-refractivity contribution in [2.75, 3.05) is 0 Å². The summed E-state index contributed by atoms with van der Waals surface area (Å²) in [5.41, 5.74) is 0.251. The molecule has 0 saturated carbocycles. The van der Waals surface area contributed by atoms with Crippen molar-refractivity contribution in [3.8, 4) is 0 Å². The molecule has 0 radical (unpaired) electrons. The zero-order valence-corrected chi connectivity index (χ0v) is 12.0. The Kier molecular flexibility index (Phi) is 6.12. The summed E-state index contributed by atoms with van der Waals surface area (Å²) in [6.45, 7) is 1.92. The molecule has 1 amide bonds. The van der Waals surface area contributed by atoms with Crippen LogP contribution in [-0.2, 0) is 4.79 Å². The highest BCUT2D eigenvalue weighted by Crippen LogP contribution is 2.20. The molecule has 0 saturated heterocycles. The lowest BCUT2D eigenvalue weighted by molar-refractivity contribution is -0.137. The molecule has 0 fully saturated rings. The van der Waals surface area contributed by atoms with Crippen molar-refractivity contribution >= 4 is 35.1 Å². The quantitative estimate of drug-likeness (QED) is 0.847. The molecule has 104 valence electrons. The van der Waals surface area contributed by atoms with Gasteiger partial charge in [-0.25, -0.2) is 0 Å². The molecule has 0 aliphatic carbocycles. The third-order valence-corrected chi connectivity index (χ3v) is 3.13. The van der Waals surface area contributed by atoms with Gasteiger partial charge < -0.3 is 10.4 Å². The Morgan fingerprint density at radius 2 is 2.05 bits per heavy atom. The first-order valence-corrected chi connectivity index (χ1v) is 6.67. The molecule has 0 bridgehead atoms. The molecule has 2 N–H and O–H groups in total. The van der Waals surface area contributed by atoms with Crippen LogP contribution in [0.3, 0.4) is 0 Å². The number of carboxylic acids is 1. The van der Waals surface area contributed by atoms with Gasteiger partial charge in [0.15, 0.2) is 0 Å². The van der Waals surface area contributed by atoms with Gasteiger partial charge in [-0.05, 0) is 24.6 Å². The number of halogens is 2. The van der Waals surface area contributed by atoms with Gasteiger partial charge in [-0.1, -0.05) is 36.5 Å². The molecule has 0 aromatic heterocycles. The number of benzene rings is 1. The van der Waals surface area contributed by atoms with E-state index in [0.29, 0.717) is 11.4 Å². The van der Waals surface area contributed by atoms with E-state index >= 15 is 0 Å². The van der Waals surface area contributed by atoms with Crippen LogP contribution in [0.4, 0.5) is 0 Å². The fourth-order valence-electron chi connectivity index (χ4n) is 1.72. The molecule has 0 aliphatic rings. The molecule has 6 heteroatoms. The summed E-state index contributed by atoms with van der Waals surface area (Å²) in [7, 11) is 0. The van der Waals surface area contributed by atoms with Gasteiger partial charge in [0.1, 0.15) is 0 Å². The zero-order chi connectivity index (χ0) is 14.4. The van der Waals surface area contributed by atoms with E-state index in [1.807, 2.05) is 6.92 Å². The first kappa shape index (κ1) is 15.8. The molecule has 0 aliphatic heterocycles. The third kappa shape index (κ3) is 5.09. The predicted molar refractivity (Wildman–Crippen MR) is 74.9 cm³/mol. The standard InChI is InChI=1S/C13H15Cl2NO3/c1-2-3-9(7-12(17)18)16-13(19)10-6-8(14)4-5-11(10)15/h4-6,9H,2-3,7H2,1H3,(H,16,19)(H,17,18). The highest BCUT2D eigenvalue weighted by molar-refractivity contribution is 6.35. The van der Waals surface area contributed by atoms with Gasteiger partial charge in [0.2, 0.25) is 0 Å². The SMILES string of the molecule is CCCC(CC(=O)O)NC(=O)c1cc(Cl)ccc1Cl. The van der Waals surface area contributed by atoms with Crippen LogP contribution in [0.2, 0.25) is 10.0 Å². The van der Waals surface area contributed by atoms with Gasteiger partial charge in [0.05, 0.1) is 17.0 Å². The second-order valence-electron chi connectivity index (χ2n) is 4.18. The Balaban J connectivity index is 2.81. The Morgan fingerprint density at radius 3 is 2.63 bits per heavy atom. The van der Waals surface area contributed by atoms with Crippen molar-refractivity contribution in [2.45, 2.75) is 32.2 Å². The maximum Gasteiger partial charge on any atom is 0.305 e. The van der Waals surface area contributed by atoms with E-state index in [-0.39, 0.29) is 17.0 Å². The highest BCUT2D eigenvalue weighted by Gasteiger charge is 2.18. The molecule has 0 heterocycles. The molecular formula is C13H15Cl2NO3. The minimum atomic E-state index is -0.948. The van der Waals surface area contributed by atoms with Gasteiger partial charge in [-0.2, -0.15) is 0 Å². The van der Waals surface area contributed by atoms with Crippen molar-refractivity contribution in [2.24, 2.45) is 0 Å². The van der Waals surface area contributed by atoms with Crippen molar-refractivity contribution in [3.63, 3.8) is 0 Å². The molecule has 1 rings (SSSR count). The Hall–Kier alpha value is -1.26. The topological polar surface area (TPSA) is 66.4 Å². The first-order valence-electron chi connectivity index (χ1n) is 5.91. The smallest absolute Gasteiger partial charge is 0.305 e. The summed E-state index contributed by atoms with van der Waals surface area (Å²) in [4.78, 5) is 22.8. The Bertz CT molecular complexity index is 477. The second kappa shape index (κ2) is 7.36. The number of carboxylic acid groups (broad SMARTS) is 1. The van der Waals surface area contributed by atoms with Crippen molar-refractivity contribution in [3.05, 3.63) is 33.8 Å². The van der Waals surface area contributed by atoms with Crippen LogP contribution in [0.15, 0.2) is 18.2 Å². The number of carbonyl (C=O) groups is 2. The fourth-order valence-corrected chi connectivity index (χ4v) is 2.09. The van der Waals surface area contributed by atoms with Crippen LogP contribution in [0.5, 0.6) is 0 Å². The fraction of sp³-hybridized carbons (Fsp3) is 0.385. The van der Waals surface area contributed by atoms with Crippen molar-refractivity contribution in [1.29, 1.82) is 0 Å². The van der Waals surface area contributed by atoms with E-state index in [2.05, 4.69) is 5.32 Å². The van der Waals surface area contributed by atoms with Crippen LogP contribution in [0, 0.1) is 0 Å². The number of carbonyl (C=O) groups excluding carboxylic acids is 1. The summed E-state index contributed by atoms with van der Waals surface area (Å²) in [5, 5.41) is 12.2. The van der Waals surface area contributed by atoms with E-state index in [1.54, 1.807) is 6.07 Å². The molecular weight excluding hydrogens is 289 g/mol. The molecule has 1 atom stereocenters. The number of hydrogen-bond donors (Lipinski definition) is 2. The lowest BCUT2D eigenvalue weighted by Gasteiger charge is -2.16. The second-order valence-corrected chi connectivity index (χ2v) is 5.02. The average molecular weight is 304 g/mol. The molecule has 1 aromatic rings. The minimum absolute atomic E-state index is 0.113. The summed E-state index contributed by atoms with van der Waals surface area (Å²) < 4.78 is 0. The van der Waals surface area contributed by atoms with Crippen LogP contribution in [0.25, 0.3) is 0 Å². The number of hydrogen-bond acceptors (Lipinski definition) is 2. The van der Waals surface area contributed by atoms with Crippen LogP contribution in [-0.4, -0.2) is 23.0 Å². The normalized spacial score (nSPS) is 11.9. The number of aliphatic carboxylic acids is 1. The summed E-state index contributed by atoms with van der Waals surface area (Å²) >= 11 is 11.7. The van der Waals surface area contributed by atoms with Crippen molar-refractivity contribution in [1.82, 2.24) is 5.32 Å². The van der Waals surface area contributed by atoms with Gasteiger partial charge in [-0.3, -0.25) is 9.59 Å². The Labute approximate surface area is 121 Å². The highest BCUT2D eigenvalue weighted by atomic mass is 35.5. The van der Waals surface area contributed by atoms with E-state index in [4.69, 9.17) is 28.3 Å². The first-order chi connectivity index (χ1) is 8.93. The molecule has 1 aromatic carbocycles. The number of rotatable bonds is 6. The minimum Gasteiger partial charge on any atom is -0.481 e. The maximum atomic E-state index is 12.0. The van der Waals surface area contributed by atoms with E-state index in [1.165, 1.54) is 12.1 Å². The summed E-state index contributed by atoms with van der Waals surface area (Å²) in [6.07, 6.45) is 1.26. The Morgan fingerprint density at radius 1 is 1.37 bits per heavy atom. The zero-order valence-electron chi connectivity index (χ0n) is 10.5. The lowest BCUT2D eigenvalue weighted by atomic mass is 10.1. The van der Waals surface area contributed by atoms with Crippen molar-refractivity contribution < 1.29 is 14.7 Å². The average Bonchev–Trinajstić information content (AvgIpc) is 2.31. The number of amides is 1. The van der Waals surface area contributed by atoms with E-state index < -0.39 is 17.9 Å². The lowest BCUT2D eigenvalue weighted by Crippen LogP contribution is -2.36. The van der Waals surface area contributed by atoms with E-state index in [9.17, 15) is 9.59 Å². The summed E-state index contributed by atoms with van der Waals surface area (Å²) in [6, 6.07) is 4.17. The van der Waals surface area contributed by atoms with Gasteiger partial charge in [0.25, 0.3) is 5.91 Å². The largest absolute Gasteiger partial charge is 0.481 e. The van der Waals surface area contributed by atoms with Crippen LogP contribution >= 0.6 is 23.2 Å². The molecule has 0 spiro atoms. The van der Waals surface area contributed by atoms with Crippen LogP contribution < -0.4 is 5.32 Å². The number of nitrogens with one attached hydrogen (secondary N) is 1. The summed E-state index contributed by atoms with van der Waals surface area (Å²) in [5.74, 6) is -1.36. The molecule has 1 unspecified atom stereocenters. The third-order valence-electron chi connectivity index (χ3n) is 2.57. The molecule has 4 nitrogen and oxygen atoms in total. The monoisotopic (exact) mass is 303 g/mol. The van der Waals surface area contributed by atoms with Gasteiger partial charge in [-0.15, -0.1) is 0 Å². The molecule has 19 heavy (non-hydrogen) atoms. The predicted octanol–water partition coefficient (Wildman–Crippen LogP) is 3.37.